The van der Waals surface area contributed by atoms with Crippen LogP contribution in [0.1, 0.15) is 18.5 Å². The first-order valence-corrected chi connectivity index (χ1v) is 11.7. The molecule has 0 saturated carbocycles. The van der Waals surface area contributed by atoms with Gasteiger partial charge in [-0.1, -0.05) is 30.3 Å². The van der Waals surface area contributed by atoms with Gasteiger partial charge in [0, 0.05) is 43.7 Å². The largest absolute Gasteiger partial charge is 0.493 e. The molecule has 0 spiro atoms. The van der Waals surface area contributed by atoms with Crippen LogP contribution in [0.15, 0.2) is 61.2 Å². The van der Waals surface area contributed by atoms with Gasteiger partial charge in [-0.25, -0.2) is 19.9 Å². The third-order valence-electron chi connectivity index (χ3n) is 6.30. The van der Waals surface area contributed by atoms with Crippen LogP contribution in [-0.4, -0.2) is 60.3 Å². The molecule has 1 saturated heterocycles. The van der Waals surface area contributed by atoms with Gasteiger partial charge < -0.3 is 24.6 Å². The van der Waals surface area contributed by atoms with Gasteiger partial charge in [0.25, 0.3) is 0 Å². The van der Waals surface area contributed by atoms with Gasteiger partial charge in [-0.15, -0.1) is 0 Å². The van der Waals surface area contributed by atoms with Gasteiger partial charge in [-0.2, -0.15) is 0 Å². The third-order valence-corrected chi connectivity index (χ3v) is 6.30. The Hall–Kier alpha value is -4.14. The Morgan fingerprint density at radius 2 is 1.49 bits per heavy atom. The van der Waals surface area contributed by atoms with Gasteiger partial charge >= 0.3 is 0 Å². The molecule has 1 unspecified atom stereocenters. The summed E-state index contributed by atoms with van der Waals surface area (Å²) < 4.78 is 10.9. The van der Waals surface area contributed by atoms with E-state index in [1.807, 2.05) is 42.7 Å². The lowest BCUT2D eigenvalue weighted by Gasteiger charge is -2.35. The van der Waals surface area contributed by atoms with Crippen LogP contribution in [0.3, 0.4) is 0 Å². The molecule has 1 aliphatic heterocycles. The Balaban J connectivity index is 1.25. The molecule has 2 aromatic carbocycles. The second-order valence-electron chi connectivity index (χ2n) is 8.44. The molecule has 0 aliphatic carbocycles. The number of hydrogen-bond acceptors (Lipinski definition) is 9. The van der Waals surface area contributed by atoms with Crippen LogP contribution in [0.5, 0.6) is 11.5 Å². The minimum Gasteiger partial charge on any atom is -0.493 e. The topological polar surface area (TPSA) is 88.5 Å². The van der Waals surface area contributed by atoms with E-state index in [0.717, 1.165) is 54.5 Å². The van der Waals surface area contributed by atoms with Crippen LogP contribution in [0.4, 0.5) is 17.5 Å². The Bertz CT molecular complexity index is 1280. The Morgan fingerprint density at radius 1 is 0.829 bits per heavy atom. The maximum absolute atomic E-state index is 5.49. The smallest absolute Gasteiger partial charge is 0.225 e. The van der Waals surface area contributed by atoms with E-state index in [4.69, 9.17) is 9.47 Å². The van der Waals surface area contributed by atoms with Gasteiger partial charge in [0.2, 0.25) is 5.95 Å². The summed E-state index contributed by atoms with van der Waals surface area (Å²) in [5.74, 6) is 2.95. The van der Waals surface area contributed by atoms with E-state index in [1.165, 1.54) is 5.56 Å². The summed E-state index contributed by atoms with van der Waals surface area (Å²) in [6.45, 7) is 5.33. The quantitative estimate of drug-likeness (QED) is 0.430. The zero-order chi connectivity index (χ0) is 24.2. The number of fused-ring (bicyclic) bond motifs is 1. The van der Waals surface area contributed by atoms with Crippen LogP contribution in [0, 0.1) is 0 Å². The molecule has 4 aromatic rings. The van der Waals surface area contributed by atoms with E-state index >= 15 is 0 Å². The highest BCUT2D eigenvalue weighted by Crippen LogP contribution is 2.35. The Kier molecular flexibility index (Phi) is 6.47. The zero-order valence-electron chi connectivity index (χ0n) is 20.2. The van der Waals surface area contributed by atoms with Crippen LogP contribution in [0.2, 0.25) is 0 Å². The van der Waals surface area contributed by atoms with Gasteiger partial charge in [0.15, 0.2) is 11.5 Å². The summed E-state index contributed by atoms with van der Waals surface area (Å²) in [6, 6.07) is 14.3. The summed E-state index contributed by atoms with van der Waals surface area (Å²) >= 11 is 0. The maximum atomic E-state index is 5.49. The van der Waals surface area contributed by atoms with E-state index in [9.17, 15) is 0 Å². The van der Waals surface area contributed by atoms with Crippen LogP contribution in [-0.2, 0) is 0 Å². The number of ether oxygens (including phenoxy) is 2. The van der Waals surface area contributed by atoms with Crippen molar-refractivity contribution in [3.63, 3.8) is 0 Å². The minimum atomic E-state index is 0.176. The number of nitrogens with zero attached hydrogens (tertiary/aromatic N) is 6. The molecule has 0 bridgehead atoms. The fraction of sp³-hybridized carbons (Fsp3) is 0.308. The second kappa shape index (κ2) is 10.0. The number of piperazine rings is 1. The summed E-state index contributed by atoms with van der Waals surface area (Å²) in [6.07, 6.45) is 5.30. The SMILES string of the molecule is COc1cc2ncnc(N3CCN(c4ncc(NC(C)c5ccccc5)cn4)CC3)c2cc1OC. The minimum absolute atomic E-state index is 0.176. The van der Waals surface area contributed by atoms with Gasteiger partial charge in [0.1, 0.15) is 12.1 Å². The predicted octanol–water partition coefficient (Wildman–Crippen LogP) is 3.94. The van der Waals surface area contributed by atoms with E-state index in [-0.39, 0.29) is 6.04 Å². The molecule has 0 amide bonds. The number of methoxy groups -OCH3 is 2. The molecular formula is C26H29N7O2. The van der Waals surface area contributed by atoms with Gasteiger partial charge in [0.05, 0.1) is 37.8 Å². The number of nitrogens with one attached hydrogen (secondary N) is 1. The van der Waals surface area contributed by atoms with Gasteiger partial charge in [-0.3, -0.25) is 0 Å². The molecule has 1 aliphatic rings. The molecule has 0 radical (unpaired) electrons. The lowest BCUT2D eigenvalue weighted by Crippen LogP contribution is -2.47. The van der Waals surface area contributed by atoms with E-state index < -0.39 is 0 Å². The first-order chi connectivity index (χ1) is 17.2. The number of anilines is 3. The Morgan fingerprint density at radius 3 is 2.17 bits per heavy atom. The third kappa shape index (κ3) is 4.75. The fourth-order valence-electron chi connectivity index (χ4n) is 4.37. The van der Waals surface area contributed by atoms with Crippen molar-refractivity contribution >= 4 is 28.4 Å². The summed E-state index contributed by atoms with van der Waals surface area (Å²) in [5.41, 5.74) is 2.95. The zero-order valence-corrected chi connectivity index (χ0v) is 20.2. The molecule has 9 nitrogen and oxygen atoms in total. The van der Waals surface area contributed by atoms with Crippen molar-refractivity contribution in [3.8, 4) is 11.5 Å². The standard InChI is InChI=1S/C26H29N7O2/c1-18(19-7-5-4-6-8-19)31-20-15-27-26(28-16-20)33-11-9-32(10-12-33)25-21-13-23(34-2)24(35-3)14-22(21)29-17-30-25/h4-8,13-18,31H,9-12H2,1-3H3. The van der Waals surface area contributed by atoms with Gasteiger partial charge in [-0.05, 0) is 18.6 Å². The van der Waals surface area contributed by atoms with Crippen molar-refractivity contribution in [1.82, 2.24) is 19.9 Å². The van der Waals surface area contributed by atoms with Crippen LogP contribution in [0.25, 0.3) is 10.9 Å². The first kappa shape index (κ1) is 22.6. The summed E-state index contributed by atoms with van der Waals surface area (Å²) in [4.78, 5) is 22.7. The van der Waals surface area contributed by atoms with Crippen LogP contribution < -0.4 is 24.6 Å². The molecule has 5 rings (SSSR count). The monoisotopic (exact) mass is 471 g/mol. The molecule has 35 heavy (non-hydrogen) atoms. The molecule has 180 valence electrons. The molecular weight excluding hydrogens is 442 g/mol. The summed E-state index contributed by atoms with van der Waals surface area (Å²) in [7, 11) is 3.26. The van der Waals surface area contributed by atoms with Crippen molar-refractivity contribution in [2.24, 2.45) is 0 Å². The number of aromatic nitrogens is 4. The van der Waals surface area contributed by atoms with E-state index in [2.05, 4.69) is 54.1 Å². The highest BCUT2D eigenvalue weighted by molar-refractivity contribution is 5.92. The lowest BCUT2D eigenvalue weighted by molar-refractivity contribution is 0.356. The number of rotatable bonds is 7. The fourth-order valence-corrected chi connectivity index (χ4v) is 4.37. The molecule has 3 heterocycles. The van der Waals surface area contributed by atoms with Crippen LogP contribution >= 0.6 is 0 Å². The first-order valence-electron chi connectivity index (χ1n) is 11.7. The highest BCUT2D eigenvalue weighted by atomic mass is 16.5. The second-order valence-corrected chi connectivity index (χ2v) is 8.44. The highest BCUT2D eigenvalue weighted by Gasteiger charge is 2.22. The predicted molar refractivity (Wildman–Crippen MR) is 138 cm³/mol. The molecule has 1 fully saturated rings. The van der Waals surface area contributed by atoms with Crippen molar-refractivity contribution in [2.45, 2.75) is 13.0 Å². The maximum Gasteiger partial charge on any atom is 0.225 e. The Labute approximate surface area is 204 Å². The lowest BCUT2D eigenvalue weighted by atomic mass is 10.1. The average Bonchev–Trinajstić information content (AvgIpc) is 2.93. The number of benzene rings is 2. The van der Waals surface area contributed by atoms with E-state index in [1.54, 1.807) is 20.5 Å². The summed E-state index contributed by atoms with van der Waals surface area (Å²) in [5, 5.41) is 4.41. The van der Waals surface area contributed by atoms with Crippen molar-refractivity contribution < 1.29 is 9.47 Å². The average molecular weight is 472 g/mol. The van der Waals surface area contributed by atoms with Crippen molar-refractivity contribution in [1.29, 1.82) is 0 Å². The normalized spacial score (nSPS) is 14.6. The molecule has 1 N–H and O–H groups in total. The molecule has 2 aromatic heterocycles. The number of hydrogen-bond donors (Lipinski definition) is 1. The van der Waals surface area contributed by atoms with Crippen molar-refractivity contribution in [2.75, 3.05) is 55.5 Å². The molecule has 9 heteroatoms. The molecule has 1 atom stereocenters. The van der Waals surface area contributed by atoms with Crippen molar-refractivity contribution in [3.05, 3.63) is 66.7 Å². The van der Waals surface area contributed by atoms with E-state index in [0.29, 0.717) is 11.5 Å².